The minimum atomic E-state index is 0.580. The number of anilines is 2. The van der Waals surface area contributed by atoms with E-state index in [0.29, 0.717) is 24.7 Å². The molecule has 2 aromatic rings. The van der Waals surface area contributed by atoms with Crippen LogP contribution in [0.25, 0.3) is 0 Å². The molecule has 0 spiro atoms. The lowest BCUT2D eigenvalue weighted by molar-refractivity contribution is 0.311. The normalized spacial score (nSPS) is 11.1. The van der Waals surface area contributed by atoms with E-state index in [1.165, 1.54) is 5.69 Å². The van der Waals surface area contributed by atoms with Crippen molar-refractivity contribution >= 4 is 17.3 Å². The fourth-order valence-corrected chi connectivity index (χ4v) is 2.54. The van der Waals surface area contributed by atoms with Gasteiger partial charge in [0.15, 0.2) is 17.5 Å². The molecule has 0 saturated heterocycles. The quantitative estimate of drug-likeness (QED) is 0.548. The summed E-state index contributed by atoms with van der Waals surface area (Å²) in [5.74, 6) is 2.15. The van der Waals surface area contributed by atoms with Crippen LogP contribution in [-0.2, 0) is 6.54 Å². The van der Waals surface area contributed by atoms with E-state index in [4.69, 9.17) is 9.47 Å². The maximum Gasteiger partial charge on any atom is 0.196 e. The van der Waals surface area contributed by atoms with Crippen LogP contribution in [0.4, 0.5) is 11.4 Å². The molecule has 0 fully saturated rings. The van der Waals surface area contributed by atoms with Gasteiger partial charge in [0, 0.05) is 38.1 Å². The summed E-state index contributed by atoms with van der Waals surface area (Å²) in [5.41, 5.74) is 3.22. The van der Waals surface area contributed by atoms with Crippen LogP contribution in [0.3, 0.4) is 0 Å². The van der Waals surface area contributed by atoms with Crippen LogP contribution >= 0.6 is 0 Å². The molecule has 27 heavy (non-hydrogen) atoms. The van der Waals surface area contributed by atoms with Crippen LogP contribution in [0.1, 0.15) is 19.4 Å². The van der Waals surface area contributed by atoms with E-state index in [-0.39, 0.29) is 0 Å². The molecular formula is C21H30N4O2. The maximum atomic E-state index is 5.64. The number of methoxy groups -OCH3 is 1. The monoisotopic (exact) mass is 370 g/mol. The van der Waals surface area contributed by atoms with E-state index < -0.39 is 0 Å². The van der Waals surface area contributed by atoms with Crippen LogP contribution in [-0.4, -0.2) is 40.3 Å². The molecule has 0 aliphatic carbocycles. The number of aliphatic imine (C=N–C) groups is 1. The molecule has 2 N–H and O–H groups in total. The van der Waals surface area contributed by atoms with Gasteiger partial charge in [-0.1, -0.05) is 12.1 Å². The molecule has 0 unspecified atom stereocenters. The maximum absolute atomic E-state index is 5.64. The lowest BCUT2D eigenvalue weighted by atomic mass is 10.2. The highest BCUT2D eigenvalue weighted by atomic mass is 16.5. The van der Waals surface area contributed by atoms with Crippen molar-refractivity contribution in [1.82, 2.24) is 5.32 Å². The number of ether oxygens (including phenoxy) is 2. The Labute approximate surface area is 162 Å². The van der Waals surface area contributed by atoms with Crippen LogP contribution < -0.4 is 25.0 Å². The van der Waals surface area contributed by atoms with Gasteiger partial charge in [0.25, 0.3) is 0 Å². The predicted octanol–water partition coefficient (Wildman–Crippen LogP) is 3.74. The van der Waals surface area contributed by atoms with Crippen molar-refractivity contribution in [2.75, 3.05) is 44.6 Å². The summed E-state index contributed by atoms with van der Waals surface area (Å²) in [7, 11) is 5.70. The summed E-state index contributed by atoms with van der Waals surface area (Å²) in [4.78, 5) is 6.76. The number of nitrogens with zero attached hydrogens (tertiary/aromatic N) is 2. The molecule has 0 saturated carbocycles. The van der Waals surface area contributed by atoms with Crippen molar-refractivity contribution in [2.45, 2.75) is 20.4 Å². The molecule has 0 radical (unpaired) electrons. The second-order valence-corrected chi connectivity index (χ2v) is 6.18. The van der Waals surface area contributed by atoms with Gasteiger partial charge < -0.3 is 25.0 Å². The zero-order chi connectivity index (χ0) is 19.6. The summed E-state index contributed by atoms with van der Waals surface area (Å²) in [6, 6.07) is 14.1. The fourth-order valence-electron chi connectivity index (χ4n) is 2.54. The van der Waals surface area contributed by atoms with Gasteiger partial charge in [-0.2, -0.15) is 0 Å². The molecule has 0 aromatic heterocycles. The first-order valence-electron chi connectivity index (χ1n) is 9.19. The van der Waals surface area contributed by atoms with Crippen molar-refractivity contribution in [3.05, 3.63) is 48.0 Å². The van der Waals surface area contributed by atoms with Crippen molar-refractivity contribution in [2.24, 2.45) is 4.99 Å². The Balaban J connectivity index is 2.12. The van der Waals surface area contributed by atoms with Crippen molar-refractivity contribution in [3.8, 4) is 11.5 Å². The zero-order valence-electron chi connectivity index (χ0n) is 16.9. The Morgan fingerprint density at radius 3 is 2.37 bits per heavy atom. The number of nitrogens with one attached hydrogen (secondary N) is 2. The van der Waals surface area contributed by atoms with Crippen LogP contribution in [0.5, 0.6) is 11.5 Å². The molecule has 6 nitrogen and oxygen atoms in total. The zero-order valence-corrected chi connectivity index (χ0v) is 16.9. The Hall–Kier alpha value is -2.89. The minimum absolute atomic E-state index is 0.580. The average Bonchev–Trinajstić information content (AvgIpc) is 2.67. The van der Waals surface area contributed by atoms with Gasteiger partial charge in [-0.25, -0.2) is 4.99 Å². The van der Waals surface area contributed by atoms with Gasteiger partial charge in [0.2, 0.25) is 0 Å². The van der Waals surface area contributed by atoms with Gasteiger partial charge >= 0.3 is 0 Å². The smallest absolute Gasteiger partial charge is 0.196 e. The molecule has 0 bridgehead atoms. The molecule has 6 heteroatoms. The number of hydrogen-bond acceptors (Lipinski definition) is 4. The molecule has 0 aliphatic rings. The SMILES string of the molecule is CCNC(=NCc1ccc(N(C)C)cc1)Nc1ccc(OC)c(OCC)c1. The van der Waals surface area contributed by atoms with E-state index in [2.05, 4.69) is 44.8 Å². The predicted molar refractivity (Wildman–Crippen MR) is 113 cm³/mol. The average molecular weight is 370 g/mol. The molecule has 146 valence electrons. The van der Waals surface area contributed by atoms with Crippen LogP contribution in [0.2, 0.25) is 0 Å². The van der Waals surface area contributed by atoms with Gasteiger partial charge in [-0.3, -0.25) is 0 Å². The topological polar surface area (TPSA) is 58.1 Å². The Morgan fingerprint density at radius 2 is 1.78 bits per heavy atom. The molecule has 0 atom stereocenters. The Bertz CT molecular complexity index is 742. The van der Waals surface area contributed by atoms with E-state index in [1.807, 2.05) is 46.1 Å². The lowest BCUT2D eigenvalue weighted by Crippen LogP contribution is -2.30. The number of rotatable bonds is 8. The second-order valence-electron chi connectivity index (χ2n) is 6.18. The van der Waals surface area contributed by atoms with E-state index in [9.17, 15) is 0 Å². The Morgan fingerprint density at radius 1 is 1.04 bits per heavy atom. The highest BCUT2D eigenvalue weighted by Gasteiger charge is 2.07. The fraction of sp³-hybridized carbons (Fsp3) is 0.381. The molecule has 0 aliphatic heterocycles. The first kappa shape index (κ1) is 20.4. The number of benzene rings is 2. The Kier molecular flexibility index (Phi) is 7.79. The van der Waals surface area contributed by atoms with Gasteiger partial charge in [-0.05, 0) is 43.7 Å². The van der Waals surface area contributed by atoms with Crippen molar-refractivity contribution in [3.63, 3.8) is 0 Å². The summed E-state index contributed by atoms with van der Waals surface area (Å²) < 4.78 is 11.0. The largest absolute Gasteiger partial charge is 0.493 e. The molecule has 0 heterocycles. The third kappa shape index (κ3) is 6.09. The third-order valence-electron chi connectivity index (χ3n) is 3.94. The lowest BCUT2D eigenvalue weighted by Gasteiger charge is -2.15. The third-order valence-corrected chi connectivity index (χ3v) is 3.94. The van der Waals surface area contributed by atoms with E-state index in [0.717, 1.165) is 23.8 Å². The van der Waals surface area contributed by atoms with Crippen LogP contribution in [0, 0.1) is 0 Å². The molecule has 0 amide bonds. The number of hydrogen-bond donors (Lipinski definition) is 2. The summed E-state index contributed by atoms with van der Waals surface area (Å²) in [6.07, 6.45) is 0. The number of guanidine groups is 1. The highest BCUT2D eigenvalue weighted by molar-refractivity contribution is 5.93. The molecule has 2 rings (SSSR count). The van der Waals surface area contributed by atoms with Crippen molar-refractivity contribution < 1.29 is 9.47 Å². The minimum Gasteiger partial charge on any atom is -0.493 e. The molecular weight excluding hydrogens is 340 g/mol. The molecule has 2 aromatic carbocycles. The van der Waals surface area contributed by atoms with Gasteiger partial charge in [0.05, 0.1) is 20.3 Å². The first-order valence-corrected chi connectivity index (χ1v) is 9.19. The highest BCUT2D eigenvalue weighted by Crippen LogP contribution is 2.30. The summed E-state index contributed by atoms with van der Waals surface area (Å²) >= 11 is 0. The van der Waals surface area contributed by atoms with Gasteiger partial charge in [0.1, 0.15) is 0 Å². The first-order chi connectivity index (χ1) is 13.1. The second kappa shape index (κ2) is 10.3. The summed E-state index contributed by atoms with van der Waals surface area (Å²) in [6.45, 7) is 5.95. The van der Waals surface area contributed by atoms with E-state index >= 15 is 0 Å². The standard InChI is InChI=1S/C21H30N4O2/c1-6-22-21(23-15-16-8-11-18(12-9-16)25(3)4)24-17-10-13-19(26-5)20(14-17)27-7-2/h8-14H,6-7,15H2,1-5H3,(H2,22,23,24). The van der Waals surface area contributed by atoms with E-state index in [1.54, 1.807) is 7.11 Å². The van der Waals surface area contributed by atoms with Gasteiger partial charge in [-0.15, -0.1) is 0 Å². The van der Waals surface area contributed by atoms with Crippen LogP contribution in [0.15, 0.2) is 47.5 Å². The van der Waals surface area contributed by atoms with Crippen molar-refractivity contribution in [1.29, 1.82) is 0 Å². The summed E-state index contributed by atoms with van der Waals surface area (Å²) in [5, 5.41) is 6.59.